The molecule has 64 valence electrons. The van der Waals surface area contributed by atoms with Gasteiger partial charge in [-0.2, -0.15) is 0 Å². The van der Waals surface area contributed by atoms with Crippen molar-refractivity contribution in [3.05, 3.63) is 12.2 Å². The second-order valence-electron chi connectivity index (χ2n) is 4.69. The Balaban J connectivity index is 1.96. The van der Waals surface area contributed by atoms with Crippen molar-refractivity contribution in [2.24, 2.45) is 23.7 Å². The fourth-order valence-corrected chi connectivity index (χ4v) is 3.57. The SMILES string of the molecule is O=C1C=CC2CC3CC(C1)C2C3. The van der Waals surface area contributed by atoms with Crippen LogP contribution in [0.15, 0.2) is 12.2 Å². The molecule has 1 nitrogen and oxygen atoms in total. The van der Waals surface area contributed by atoms with Crippen LogP contribution < -0.4 is 0 Å². The molecule has 4 atom stereocenters. The molecule has 0 saturated heterocycles. The van der Waals surface area contributed by atoms with E-state index in [0.29, 0.717) is 5.78 Å². The summed E-state index contributed by atoms with van der Waals surface area (Å²) in [4.78, 5) is 11.3. The Morgan fingerprint density at radius 3 is 3.00 bits per heavy atom. The highest BCUT2D eigenvalue weighted by Crippen LogP contribution is 2.54. The van der Waals surface area contributed by atoms with Crippen LogP contribution in [0.2, 0.25) is 0 Å². The van der Waals surface area contributed by atoms with Gasteiger partial charge in [0.25, 0.3) is 0 Å². The largest absolute Gasteiger partial charge is 0.295 e. The van der Waals surface area contributed by atoms with Crippen LogP contribution in [0.25, 0.3) is 0 Å². The van der Waals surface area contributed by atoms with Crippen molar-refractivity contribution < 1.29 is 4.79 Å². The molecule has 0 spiro atoms. The molecule has 3 rings (SSSR count). The second kappa shape index (κ2) is 2.21. The highest BCUT2D eigenvalue weighted by atomic mass is 16.1. The van der Waals surface area contributed by atoms with Crippen molar-refractivity contribution in [3.63, 3.8) is 0 Å². The van der Waals surface area contributed by atoms with Crippen LogP contribution in [-0.2, 0) is 4.79 Å². The Kier molecular flexibility index (Phi) is 1.27. The van der Waals surface area contributed by atoms with E-state index in [-0.39, 0.29) is 0 Å². The zero-order valence-corrected chi connectivity index (χ0v) is 7.20. The fourth-order valence-electron chi connectivity index (χ4n) is 3.57. The topological polar surface area (TPSA) is 17.1 Å². The molecule has 2 saturated carbocycles. The number of ketones is 1. The maximum Gasteiger partial charge on any atom is 0.155 e. The highest BCUT2D eigenvalue weighted by molar-refractivity contribution is 5.90. The van der Waals surface area contributed by atoms with Crippen LogP contribution in [0.1, 0.15) is 25.7 Å². The van der Waals surface area contributed by atoms with E-state index in [4.69, 9.17) is 0 Å². The van der Waals surface area contributed by atoms with Crippen LogP contribution in [0.3, 0.4) is 0 Å². The lowest BCUT2D eigenvalue weighted by Crippen LogP contribution is -2.18. The van der Waals surface area contributed by atoms with E-state index in [9.17, 15) is 4.79 Å². The molecular formula is C11H14O. The molecule has 0 aromatic carbocycles. The van der Waals surface area contributed by atoms with Crippen LogP contribution >= 0.6 is 0 Å². The molecule has 0 aromatic heterocycles. The Bertz CT molecular complexity index is 254. The summed E-state index contributed by atoms with van der Waals surface area (Å²) in [6.07, 6.45) is 8.98. The molecule has 2 bridgehead atoms. The first kappa shape index (κ1) is 6.88. The minimum absolute atomic E-state index is 0.370. The normalized spacial score (nSPS) is 49.8. The van der Waals surface area contributed by atoms with Crippen molar-refractivity contribution in [1.29, 1.82) is 0 Å². The molecule has 0 heterocycles. The van der Waals surface area contributed by atoms with Gasteiger partial charge in [0.05, 0.1) is 0 Å². The summed E-state index contributed by atoms with van der Waals surface area (Å²) >= 11 is 0. The van der Waals surface area contributed by atoms with Crippen molar-refractivity contribution in [1.82, 2.24) is 0 Å². The second-order valence-corrected chi connectivity index (χ2v) is 4.69. The van der Waals surface area contributed by atoms with Gasteiger partial charge in [0.15, 0.2) is 5.78 Å². The molecular weight excluding hydrogens is 148 g/mol. The van der Waals surface area contributed by atoms with Crippen molar-refractivity contribution in [2.75, 3.05) is 0 Å². The Labute approximate surface area is 72.8 Å². The number of rotatable bonds is 0. The maximum absolute atomic E-state index is 11.3. The average molecular weight is 162 g/mol. The highest BCUT2D eigenvalue weighted by Gasteiger charge is 2.46. The molecule has 0 aromatic rings. The average Bonchev–Trinajstić information content (AvgIpc) is 2.57. The van der Waals surface area contributed by atoms with Gasteiger partial charge in [-0.25, -0.2) is 0 Å². The van der Waals surface area contributed by atoms with Gasteiger partial charge in [-0.3, -0.25) is 4.79 Å². The fraction of sp³-hybridized carbons (Fsp3) is 0.727. The number of carbonyl (C=O) groups is 1. The molecule has 3 aliphatic carbocycles. The maximum atomic E-state index is 11.3. The van der Waals surface area contributed by atoms with E-state index >= 15 is 0 Å². The summed E-state index contributed by atoms with van der Waals surface area (Å²) in [6.45, 7) is 0. The van der Waals surface area contributed by atoms with Crippen molar-refractivity contribution >= 4 is 5.78 Å². The molecule has 0 amide bonds. The quantitative estimate of drug-likeness (QED) is 0.533. The van der Waals surface area contributed by atoms with E-state index in [2.05, 4.69) is 6.08 Å². The molecule has 0 aliphatic heterocycles. The first-order chi connectivity index (χ1) is 5.83. The minimum Gasteiger partial charge on any atom is -0.295 e. The molecule has 0 N–H and O–H groups in total. The molecule has 1 heteroatoms. The van der Waals surface area contributed by atoms with Crippen LogP contribution in [0.5, 0.6) is 0 Å². The van der Waals surface area contributed by atoms with Crippen molar-refractivity contribution in [2.45, 2.75) is 25.7 Å². The van der Waals surface area contributed by atoms with E-state index in [0.717, 1.165) is 30.1 Å². The van der Waals surface area contributed by atoms with Gasteiger partial charge in [-0.1, -0.05) is 6.08 Å². The Morgan fingerprint density at radius 1 is 1.25 bits per heavy atom. The first-order valence-corrected chi connectivity index (χ1v) is 5.04. The summed E-state index contributed by atoms with van der Waals surface area (Å²) in [5.41, 5.74) is 0. The third kappa shape index (κ3) is 0.825. The Morgan fingerprint density at radius 2 is 2.17 bits per heavy atom. The molecule has 2 fully saturated rings. The van der Waals surface area contributed by atoms with Gasteiger partial charge < -0.3 is 0 Å². The first-order valence-electron chi connectivity index (χ1n) is 5.04. The predicted molar refractivity (Wildman–Crippen MR) is 46.6 cm³/mol. The van der Waals surface area contributed by atoms with Crippen LogP contribution in [0.4, 0.5) is 0 Å². The smallest absolute Gasteiger partial charge is 0.155 e. The number of carbonyl (C=O) groups excluding carboxylic acids is 1. The van der Waals surface area contributed by atoms with Gasteiger partial charge in [0, 0.05) is 6.42 Å². The van der Waals surface area contributed by atoms with Gasteiger partial charge in [-0.05, 0) is 49.0 Å². The summed E-state index contributed by atoms with van der Waals surface area (Å²) < 4.78 is 0. The van der Waals surface area contributed by atoms with Crippen LogP contribution in [0, 0.1) is 23.7 Å². The monoisotopic (exact) mass is 162 g/mol. The van der Waals surface area contributed by atoms with E-state index in [1.54, 1.807) is 0 Å². The number of fused-ring (bicyclic) bond motifs is 1. The summed E-state index contributed by atoms with van der Waals surface area (Å²) in [5.74, 6) is 3.71. The van der Waals surface area contributed by atoms with E-state index < -0.39 is 0 Å². The summed E-state index contributed by atoms with van der Waals surface area (Å²) in [7, 11) is 0. The molecule has 4 unspecified atom stereocenters. The number of allylic oxidation sites excluding steroid dienone is 2. The van der Waals surface area contributed by atoms with E-state index in [1.165, 1.54) is 19.3 Å². The standard InChI is InChI=1S/C11H14O/c12-10-2-1-8-3-7-4-9(6-10)11(8)5-7/h1-2,7-9,11H,3-6H2. The summed E-state index contributed by atoms with van der Waals surface area (Å²) in [6, 6.07) is 0. The zero-order chi connectivity index (χ0) is 8.13. The van der Waals surface area contributed by atoms with Gasteiger partial charge >= 0.3 is 0 Å². The molecule has 12 heavy (non-hydrogen) atoms. The zero-order valence-electron chi connectivity index (χ0n) is 7.20. The third-order valence-corrected chi connectivity index (χ3v) is 4.00. The van der Waals surface area contributed by atoms with Crippen molar-refractivity contribution in [3.8, 4) is 0 Å². The Hall–Kier alpha value is -0.590. The number of hydrogen-bond acceptors (Lipinski definition) is 1. The van der Waals surface area contributed by atoms with Crippen LogP contribution in [-0.4, -0.2) is 5.78 Å². The lowest BCUT2D eigenvalue weighted by atomic mass is 9.80. The van der Waals surface area contributed by atoms with Gasteiger partial charge in [-0.15, -0.1) is 0 Å². The predicted octanol–water partition coefficient (Wildman–Crippen LogP) is 2.18. The lowest BCUT2D eigenvalue weighted by molar-refractivity contribution is -0.115. The molecule has 0 radical (unpaired) electrons. The summed E-state index contributed by atoms with van der Waals surface area (Å²) in [5, 5.41) is 0. The minimum atomic E-state index is 0.370. The van der Waals surface area contributed by atoms with Gasteiger partial charge in [0.1, 0.15) is 0 Å². The number of hydrogen-bond donors (Lipinski definition) is 0. The van der Waals surface area contributed by atoms with Gasteiger partial charge in [0.2, 0.25) is 0 Å². The third-order valence-electron chi connectivity index (χ3n) is 4.00. The van der Waals surface area contributed by atoms with E-state index in [1.807, 2.05) is 6.08 Å². The lowest BCUT2D eigenvalue weighted by Gasteiger charge is -2.24. The molecule has 3 aliphatic rings.